The van der Waals surface area contributed by atoms with Gasteiger partial charge in [0, 0.05) is 19.3 Å². The minimum Gasteiger partial charge on any atom is -0.489 e. The second kappa shape index (κ2) is 5.04. The smallest absolute Gasteiger partial charge is 0.256 e. The van der Waals surface area contributed by atoms with E-state index in [0.717, 1.165) is 19.1 Å². The Kier molecular flexibility index (Phi) is 3.61. The van der Waals surface area contributed by atoms with Crippen molar-refractivity contribution in [1.29, 1.82) is 0 Å². The van der Waals surface area contributed by atoms with Gasteiger partial charge < -0.3 is 10.1 Å². The summed E-state index contributed by atoms with van der Waals surface area (Å²) in [5.41, 5.74) is 0.286. The molecule has 1 aromatic rings. The number of nitrogens with one attached hydrogen (secondary N) is 2. The number of amides is 1. The number of anilines is 1. The van der Waals surface area contributed by atoms with Crippen molar-refractivity contribution in [3.63, 3.8) is 0 Å². The molecule has 0 saturated heterocycles. The van der Waals surface area contributed by atoms with Crippen LogP contribution in [0.2, 0.25) is 0 Å². The quantitative estimate of drug-likeness (QED) is 0.813. The fraction of sp³-hybridized carbons (Fsp3) is 0.455. The summed E-state index contributed by atoms with van der Waals surface area (Å²) in [6.45, 7) is 0. The third kappa shape index (κ3) is 3.82. The van der Waals surface area contributed by atoms with Gasteiger partial charge in [-0.05, 0) is 12.8 Å². The average Bonchev–Trinajstić information content (AvgIpc) is 3.10. The molecule has 0 aliphatic heterocycles. The highest BCUT2D eigenvalue weighted by atomic mass is 32.2. The Bertz CT molecular complexity index is 596. The van der Waals surface area contributed by atoms with Crippen molar-refractivity contribution in [2.45, 2.75) is 18.9 Å². The lowest BCUT2D eigenvalue weighted by Gasteiger charge is -2.11. The first-order valence-corrected chi connectivity index (χ1v) is 7.65. The van der Waals surface area contributed by atoms with Crippen molar-refractivity contribution in [1.82, 2.24) is 10.3 Å². The molecule has 104 valence electrons. The van der Waals surface area contributed by atoms with Crippen LogP contribution in [-0.2, 0) is 10.0 Å². The van der Waals surface area contributed by atoms with Gasteiger partial charge in [-0.15, -0.1) is 0 Å². The molecule has 7 nitrogen and oxygen atoms in total. The maximum absolute atomic E-state index is 11.7. The molecule has 1 saturated carbocycles. The summed E-state index contributed by atoms with van der Waals surface area (Å²) in [6.07, 6.45) is 4.29. The molecule has 1 aliphatic rings. The van der Waals surface area contributed by atoms with E-state index in [0.29, 0.717) is 5.75 Å². The third-order valence-electron chi connectivity index (χ3n) is 2.45. The highest BCUT2D eigenvalue weighted by Crippen LogP contribution is 2.30. The van der Waals surface area contributed by atoms with Crippen LogP contribution < -0.4 is 14.8 Å². The normalized spacial score (nSPS) is 14.8. The zero-order valence-electron chi connectivity index (χ0n) is 10.6. The standard InChI is InChI=1S/C11H15N3O4S/c1-12-11(15)8-6-13-10(14-19(2,16)17)5-9(8)18-7-3-4-7/h5-7H,3-4H2,1-2H3,(H,12,15)(H,13,14). The molecule has 8 heteroatoms. The number of pyridine rings is 1. The molecule has 0 radical (unpaired) electrons. The van der Waals surface area contributed by atoms with Gasteiger partial charge in [-0.1, -0.05) is 0 Å². The van der Waals surface area contributed by atoms with Gasteiger partial charge in [0.05, 0.1) is 17.9 Å². The van der Waals surface area contributed by atoms with E-state index in [1.807, 2.05) is 0 Å². The summed E-state index contributed by atoms with van der Waals surface area (Å²) in [5, 5.41) is 2.49. The number of carbonyl (C=O) groups excluding carboxylic acids is 1. The molecule has 0 atom stereocenters. The van der Waals surface area contributed by atoms with Crippen molar-refractivity contribution >= 4 is 21.7 Å². The summed E-state index contributed by atoms with van der Waals surface area (Å²) < 4.78 is 30.1. The van der Waals surface area contributed by atoms with E-state index < -0.39 is 10.0 Å². The second-order valence-electron chi connectivity index (χ2n) is 4.34. The highest BCUT2D eigenvalue weighted by Gasteiger charge is 2.26. The van der Waals surface area contributed by atoms with E-state index in [4.69, 9.17) is 4.74 Å². The van der Waals surface area contributed by atoms with Crippen LogP contribution in [0.1, 0.15) is 23.2 Å². The summed E-state index contributed by atoms with van der Waals surface area (Å²) in [6, 6.07) is 1.42. The first-order valence-electron chi connectivity index (χ1n) is 5.75. The molecule has 0 unspecified atom stereocenters. The topological polar surface area (TPSA) is 97.4 Å². The summed E-state index contributed by atoms with van der Waals surface area (Å²) >= 11 is 0. The summed E-state index contributed by atoms with van der Waals surface area (Å²) in [7, 11) is -1.91. The number of rotatable bonds is 5. The number of nitrogens with zero attached hydrogens (tertiary/aromatic N) is 1. The van der Waals surface area contributed by atoms with Gasteiger partial charge in [0.25, 0.3) is 5.91 Å². The molecule has 1 aromatic heterocycles. The molecular weight excluding hydrogens is 270 g/mol. The maximum Gasteiger partial charge on any atom is 0.256 e. The van der Waals surface area contributed by atoms with E-state index in [1.54, 1.807) is 0 Å². The van der Waals surface area contributed by atoms with Crippen LogP contribution in [0.5, 0.6) is 5.75 Å². The van der Waals surface area contributed by atoms with Crippen LogP contribution in [0.15, 0.2) is 12.3 Å². The molecular formula is C11H15N3O4S. The first-order chi connectivity index (χ1) is 8.89. The zero-order chi connectivity index (χ0) is 14.0. The Morgan fingerprint density at radius 1 is 1.47 bits per heavy atom. The second-order valence-corrected chi connectivity index (χ2v) is 6.08. The van der Waals surface area contributed by atoms with E-state index in [1.165, 1.54) is 19.3 Å². The number of aromatic nitrogens is 1. The monoisotopic (exact) mass is 285 g/mol. The molecule has 0 spiro atoms. The Balaban J connectivity index is 2.31. The van der Waals surface area contributed by atoms with Crippen LogP contribution in [0.3, 0.4) is 0 Å². The number of carbonyl (C=O) groups is 1. The van der Waals surface area contributed by atoms with Gasteiger partial charge in [0.1, 0.15) is 11.6 Å². The van der Waals surface area contributed by atoms with Gasteiger partial charge in [-0.2, -0.15) is 0 Å². The fourth-order valence-electron chi connectivity index (χ4n) is 1.45. The van der Waals surface area contributed by atoms with E-state index in [-0.39, 0.29) is 23.4 Å². The van der Waals surface area contributed by atoms with Gasteiger partial charge in [-0.25, -0.2) is 13.4 Å². The molecule has 1 heterocycles. The van der Waals surface area contributed by atoms with Crippen LogP contribution >= 0.6 is 0 Å². The van der Waals surface area contributed by atoms with Crippen LogP contribution in [0, 0.1) is 0 Å². The Morgan fingerprint density at radius 2 is 2.16 bits per heavy atom. The number of hydrogen-bond acceptors (Lipinski definition) is 5. The van der Waals surface area contributed by atoms with Crippen molar-refractivity contribution in [2.75, 3.05) is 18.0 Å². The van der Waals surface area contributed by atoms with E-state index in [2.05, 4.69) is 15.0 Å². The Labute approximate surface area is 111 Å². The van der Waals surface area contributed by atoms with E-state index in [9.17, 15) is 13.2 Å². The van der Waals surface area contributed by atoms with Gasteiger partial charge >= 0.3 is 0 Å². The molecule has 1 amide bonds. The Morgan fingerprint density at radius 3 is 2.68 bits per heavy atom. The zero-order valence-corrected chi connectivity index (χ0v) is 11.5. The lowest BCUT2D eigenvalue weighted by atomic mass is 10.2. The molecule has 19 heavy (non-hydrogen) atoms. The SMILES string of the molecule is CNC(=O)c1cnc(NS(C)(=O)=O)cc1OC1CC1. The average molecular weight is 285 g/mol. The predicted octanol–water partition coefficient (Wildman–Crippen LogP) is 0.354. The lowest BCUT2D eigenvalue weighted by Crippen LogP contribution is -2.20. The Hall–Kier alpha value is -1.83. The predicted molar refractivity (Wildman–Crippen MR) is 69.7 cm³/mol. The third-order valence-corrected chi connectivity index (χ3v) is 3.03. The molecule has 2 N–H and O–H groups in total. The molecule has 0 aromatic carbocycles. The number of ether oxygens (including phenoxy) is 1. The summed E-state index contributed by atoms with van der Waals surface area (Å²) in [5.74, 6) is 0.142. The largest absolute Gasteiger partial charge is 0.489 e. The minimum atomic E-state index is -3.41. The van der Waals surface area contributed by atoms with Crippen molar-refractivity contribution in [2.24, 2.45) is 0 Å². The van der Waals surface area contributed by atoms with Gasteiger partial charge in [-0.3, -0.25) is 9.52 Å². The molecule has 2 rings (SSSR count). The van der Waals surface area contributed by atoms with Crippen LogP contribution in [-0.4, -0.2) is 38.7 Å². The van der Waals surface area contributed by atoms with Crippen molar-refractivity contribution in [3.05, 3.63) is 17.8 Å². The number of hydrogen-bond donors (Lipinski definition) is 2. The van der Waals surface area contributed by atoms with E-state index >= 15 is 0 Å². The lowest BCUT2D eigenvalue weighted by molar-refractivity contribution is 0.0958. The molecule has 1 aliphatic carbocycles. The van der Waals surface area contributed by atoms with Crippen LogP contribution in [0.25, 0.3) is 0 Å². The fourth-order valence-corrected chi connectivity index (χ4v) is 1.94. The minimum absolute atomic E-state index is 0.0943. The number of sulfonamides is 1. The molecule has 1 fully saturated rings. The maximum atomic E-state index is 11.7. The molecule has 0 bridgehead atoms. The highest BCUT2D eigenvalue weighted by molar-refractivity contribution is 7.92. The van der Waals surface area contributed by atoms with Crippen molar-refractivity contribution < 1.29 is 17.9 Å². The summed E-state index contributed by atoms with van der Waals surface area (Å²) in [4.78, 5) is 15.6. The van der Waals surface area contributed by atoms with Crippen LogP contribution in [0.4, 0.5) is 5.82 Å². The van der Waals surface area contributed by atoms with Gasteiger partial charge in [0.15, 0.2) is 0 Å². The van der Waals surface area contributed by atoms with Gasteiger partial charge in [0.2, 0.25) is 10.0 Å². The first kappa shape index (κ1) is 13.6. The van der Waals surface area contributed by atoms with Crippen molar-refractivity contribution in [3.8, 4) is 5.75 Å².